The number of benzene rings is 1. The van der Waals surface area contributed by atoms with Crippen LogP contribution < -0.4 is 5.32 Å². The highest BCUT2D eigenvalue weighted by Gasteiger charge is 2.45. The molecule has 4 heterocycles. The molecule has 6 nitrogen and oxygen atoms in total. The maximum absolute atomic E-state index is 13.1. The van der Waals surface area contributed by atoms with Crippen molar-refractivity contribution < 1.29 is 9.90 Å². The lowest BCUT2D eigenvalue weighted by atomic mass is 9.76. The van der Waals surface area contributed by atoms with Gasteiger partial charge < -0.3 is 19.7 Å². The zero-order valence-electron chi connectivity index (χ0n) is 15.6. The van der Waals surface area contributed by atoms with Gasteiger partial charge in [0.15, 0.2) is 5.65 Å². The number of amides is 1. The zero-order valence-corrected chi connectivity index (χ0v) is 18.8. The zero-order chi connectivity index (χ0) is 20.2. The van der Waals surface area contributed by atoms with Crippen molar-refractivity contribution in [3.8, 4) is 0 Å². The molecule has 1 saturated heterocycles. The summed E-state index contributed by atoms with van der Waals surface area (Å²) < 4.78 is 3.53. The Morgan fingerprint density at radius 3 is 2.83 bits per heavy atom. The van der Waals surface area contributed by atoms with E-state index in [1.54, 1.807) is 11.1 Å². The Balaban J connectivity index is 1.36. The standard InChI is InChI=1S/C21H20Br2N4O2/c22-15-7-16(23)19-25-17(11-27(19)10-15)20(29)26-6-5-21(18(28)12-26)8-13-3-1-2-4-14(13)9-24-21/h1-4,7,10-11,18,24,28H,5-6,8-9,12H2/t18-,21+/m1/s1. The summed E-state index contributed by atoms with van der Waals surface area (Å²) >= 11 is 6.94. The molecule has 2 aliphatic rings. The minimum absolute atomic E-state index is 0.151. The molecule has 150 valence electrons. The fraction of sp³-hybridized carbons (Fsp3) is 0.333. The number of nitrogens with one attached hydrogen (secondary N) is 1. The molecule has 0 unspecified atom stereocenters. The van der Waals surface area contributed by atoms with Crippen molar-refractivity contribution in [2.24, 2.45) is 0 Å². The highest BCUT2D eigenvalue weighted by molar-refractivity contribution is 9.11. The summed E-state index contributed by atoms with van der Waals surface area (Å²) in [7, 11) is 0. The van der Waals surface area contributed by atoms with Crippen molar-refractivity contribution in [3.05, 3.63) is 68.5 Å². The van der Waals surface area contributed by atoms with Gasteiger partial charge in [-0.3, -0.25) is 4.79 Å². The number of carbonyl (C=O) groups is 1. The number of nitrogens with zero attached hydrogens (tertiary/aromatic N) is 3. The van der Waals surface area contributed by atoms with Gasteiger partial charge in [0.05, 0.1) is 16.1 Å². The van der Waals surface area contributed by atoms with E-state index in [2.05, 4.69) is 54.3 Å². The molecule has 3 aromatic rings. The predicted molar refractivity (Wildman–Crippen MR) is 117 cm³/mol. The van der Waals surface area contributed by atoms with Crippen LogP contribution in [-0.2, 0) is 13.0 Å². The number of fused-ring (bicyclic) bond motifs is 2. The van der Waals surface area contributed by atoms with Crippen molar-refractivity contribution in [2.75, 3.05) is 13.1 Å². The van der Waals surface area contributed by atoms with Crippen LogP contribution >= 0.6 is 31.9 Å². The summed E-state index contributed by atoms with van der Waals surface area (Å²) in [6, 6.07) is 10.2. The van der Waals surface area contributed by atoms with E-state index in [9.17, 15) is 9.90 Å². The number of likely N-dealkylation sites (tertiary alicyclic amines) is 1. The minimum atomic E-state index is -0.633. The van der Waals surface area contributed by atoms with Gasteiger partial charge in [0, 0.05) is 36.5 Å². The predicted octanol–water partition coefficient (Wildman–Crippen LogP) is 3.15. The van der Waals surface area contributed by atoms with Gasteiger partial charge in [0.2, 0.25) is 0 Å². The number of imidazole rings is 1. The van der Waals surface area contributed by atoms with E-state index < -0.39 is 6.10 Å². The fourth-order valence-electron chi connectivity index (χ4n) is 4.44. The van der Waals surface area contributed by atoms with Gasteiger partial charge in [0.25, 0.3) is 5.91 Å². The third kappa shape index (κ3) is 3.32. The fourth-order valence-corrected chi connectivity index (χ4v) is 5.73. The van der Waals surface area contributed by atoms with Crippen LogP contribution in [0.4, 0.5) is 0 Å². The highest BCUT2D eigenvalue weighted by Crippen LogP contribution is 2.33. The second-order valence-electron chi connectivity index (χ2n) is 7.84. The molecule has 5 rings (SSSR count). The van der Waals surface area contributed by atoms with Gasteiger partial charge in [-0.05, 0) is 61.9 Å². The maximum Gasteiger partial charge on any atom is 0.274 e. The number of β-amino-alcohol motifs (C(OH)–C–C–N with tert-alkyl or cyclic N) is 1. The Bertz CT molecular complexity index is 1120. The molecule has 1 amide bonds. The maximum atomic E-state index is 13.1. The second-order valence-corrected chi connectivity index (χ2v) is 9.61. The van der Waals surface area contributed by atoms with Crippen LogP contribution in [0.25, 0.3) is 5.65 Å². The van der Waals surface area contributed by atoms with Gasteiger partial charge in [0.1, 0.15) is 5.69 Å². The number of carbonyl (C=O) groups excluding carboxylic acids is 1. The number of halogens is 2. The summed E-state index contributed by atoms with van der Waals surface area (Å²) in [5.41, 5.74) is 3.26. The summed E-state index contributed by atoms with van der Waals surface area (Å²) in [4.78, 5) is 19.3. The molecule has 2 atom stereocenters. The molecule has 2 N–H and O–H groups in total. The second kappa shape index (κ2) is 7.19. The average molecular weight is 520 g/mol. The third-order valence-corrected chi connectivity index (χ3v) is 7.11. The summed E-state index contributed by atoms with van der Waals surface area (Å²) in [5.74, 6) is -0.151. The summed E-state index contributed by atoms with van der Waals surface area (Å²) in [5, 5.41) is 14.6. The Hall–Kier alpha value is -1.74. The number of aliphatic hydroxyl groups is 1. The first-order valence-electron chi connectivity index (χ1n) is 9.58. The largest absolute Gasteiger partial charge is 0.389 e. The van der Waals surface area contributed by atoms with E-state index >= 15 is 0 Å². The summed E-state index contributed by atoms with van der Waals surface area (Å²) in [6.07, 6.45) is 4.46. The molecule has 2 aliphatic heterocycles. The molecule has 2 aromatic heterocycles. The number of hydrogen-bond acceptors (Lipinski definition) is 4. The number of pyridine rings is 1. The molecule has 0 radical (unpaired) electrons. The quantitative estimate of drug-likeness (QED) is 0.518. The number of aliphatic hydroxyl groups excluding tert-OH is 1. The lowest BCUT2D eigenvalue weighted by Crippen LogP contribution is -2.65. The van der Waals surface area contributed by atoms with Crippen molar-refractivity contribution in [1.29, 1.82) is 0 Å². The summed E-state index contributed by atoms with van der Waals surface area (Å²) in [6.45, 7) is 1.63. The molecule has 8 heteroatoms. The molecule has 0 aliphatic carbocycles. The topological polar surface area (TPSA) is 69.9 Å². The number of aromatic nitrogens is 2. The van der Waals surface area contributed by atoms with Gasteiger partial charge in [-0.1, -0.05) is 24.3 Å². The Kier molecular flexibility index (Phi) is 4.77. The molecular formula is C21H20Br2N4O2. The van der Waals surface area contributed by atoms with E-state index in [4.69, 9.17) is 0 Å². The third-order valence-electron chi connectivity index (χ3n) is 6.09. The first-order valence-corrected chi connectivity index (χ1v) is 11.2. The molecule has 0 saturated carbocycles. The first kappa shape index (κ1) is 19.2. The number of piperidine rings is 1. The van der Waals surface area contributed by atoms with Gasteiger partial charge in [-0.2, -0.15) is 0 Å². The Morgan fingerprint density at radius 2 is 2.03 bits per heavy atom. The average Bonchev–Trinajstić information content (AvgIpc) is 3.14. The minimum Gasteiger partial charge on any atom is -0.389 e. The van der Waals surface area contributed by atoms with Crippen LogP contribution in [0.3, 0.4) is 0 Å². The smallest absolute Gasteiger partial charge is 0.274 e. The molecule has 29 heavy (non-hydrogen) atoms. The SMILES string of the molecule is O=C(c1cn2cc(Br)cc(Br)c2n1)N1CC[C@]2(Cc3ccccc3CN2)[C@H](O)C1. The number of rotatable bonds is 1. The Morgan fingerprint density at radius 1 is 1.24 bits per heavy atom. The van der Waals surface area contributed by atoms with Gasteiger partial charge in [-0.25, -0.2) is 4.98 Å². The molecule has 1 aromatic carbocycles. The van der Waals surface area contributed by atoms with Crippen molar-refractivity contribution in [2.45, 2.75) is 31.0 Å². The van der Waals surface area contributed by atoms with Gasteiger partial charge >= 0.3 is 0 Å². The van der Waals surface area contributed by atoms with Crippen molar-refractivity contribution in [3.63, 3.8) is 0 Å². The van der Waals surface area contributed by atoms with Crippen molar-refractivity contribution in [1.82, 2.24) is 19.6 Å². The van der Waals surface area contributed by atoms with Crippen LogP contribution in [-0.4, -0.2) is 50.0 Å². The van der Waals surface area contributed by atoms with Crippen molar-refractivity contribution >= 4 is 43.4 Å². The molecule has 1 spiro atoms. The lowest BCUT2D eigenvalue weighted by Gasteiger charge is -2.48. The van der Waals surface area contributed by atoms with E-state index in [1.807, 2.05) is 28.8 Å². The highest BCUT2D eigenvalue weighted by atomic mass is 79.9. The Labute approximate surface area is 185 Å². The van der Waals surface area contributed by atoms with Crippen LogP contribution in [0.5, 0.6) is 0 Å². The van der Waals surface area contributed by atoms with E-state index in [1.165, 1.54) is 11.1 Å². The van der Waals surface area contributed by atoms with E-state index in [0.29, 0.717) is 30.9 Å². The lowest BCUT2D eigenvalue weighted by molar-refractivity contribution is -0.0140. The van der Waals surface area contributed by atoms with Crippen LogP contribution in [0, 0.1) is 0 Å². The van der Waals surface area contributed by atoms with Crippen LogP contribution in [0.15, 0.2) is 51.7 Å². The first-order chi connectivity index (χ1) is 13.9. The van der Waals surface area contributed by atoms with Crippen LogP contribution in [0.1, 0.15) is 28.0 Å². The monoisotopic (exact) mass is 518 g/mol. The number of hydrogen-bond donors (Lipinski definition) is 2. The molecule has 1 fully saturated rings. The van der Waals surface area contributed by atoms with E-state index in [-0.39, 0.29) is 11.4 Å². The van der Waals surface area contributed by atoms with E-state index in [0.717, 1.165) is 21.9 Å². The van der Waals surface area contributed by atoms with Gasteiger partial charge in [-0.15, -0.1) is 0 Å². The normalized spacial score (nSPS) is 24.1. The molecular weight excluding hydrogens is 500 g/mol. The molecule has 0 bridgehead atoms. The van der Waals surface area contributed by atoms with Crippen LogP contribution in [0.2, 0.25) is 0 Å².